The Morgan fingerprint density at radius 2 is 1.89 bits per heavy atom. The molecule has 0 amide bonds. The number of piperidine rings is 1. The number of nitrogens with one attached hydrogen (secondary N) is 1. The van der Waals surface area contributed by atoms with Gasteiger partial charge in [0.25, 0.3) is 10.2 Å². The van der Waals surface area contributed by atoms with Gasteiger partial charge in [-0.25, -0.2) is 9.97 Å². The molecular weight excluding hydrogens is 364 g/mol. The molecule has 2 aromatic heterocycles. The van der Waals surface area contributed by atoms with Crippen LogP contribution in [0.2, 0.25) is 0 Å². The van der Waals surface area contributed by atoms with Crippen LogP contribution >= 0.6 is 0 Å². The highest BCUT2D eigenvalue weighted by atomic mass is 32.2. The first-order chi connectivity index (χ1) is 12.9. The number of aromatic nitrogens is 3. The second-order valence-electron chi connectivity index (χ2n) is 6.94. The van der Waals surface area contributed by atoms with E-state index in [1.807, 2.05) is 12.1 Å². The quantitative estimate of drug-likeness (QED) is 0.778. The molecule has 8 nitrogen and oxygen atoms in total. The summed E-state index contributed by atoms with van der Waals surface area (Å²) in [6.45, 7) is 1.20. The van der Waals surface area contributed by atoms with E-state index in [0.29, 0.717) is 24.8 Å². The molecule has 1 fully saturated rings. The van der Waals surface area contributed by atoms with E-state index in [9.17, 15) is 8.42 Å². The van der Waals surface area contributed by atoms with Crippen LogP contribution in [0.15, 0.2) is 36.9 Å². The number of hydrogen-bond donors (Lipinski definition) is 1. The summed E-state index contributed by atoms with van der Waals surface area (Å²) in [7, 11) is -0.125. The number of nitrogens with zero attached hydrogens (tertiary/aromatic N) is 5. The van der Waals surface area contributed by atoms with Crippen molar-refractivity contribution in [3.63, 3.8) is 0 Å². The molecule has 0 radical (unpaired) electrons. The van der Waals surface area contributed by atoms with Gasteiger partial charge in [0.05, 0.1) is 6.20 Å². The first-order valence-electron chi connectivity index (χ1n) is 9.11. The van der Waals surface area contributed by atoms with E-state index in [1.54, 1.807) is 43.2 Å². The van der Waals surface area contributed by atoms with E-state index < -0.39 is 10.2 Å². The molecule has 0 bridgehead atoms. The summed E-state index contributed by atoms with van der Waals surface area (Å²) < 4.78 is 27.2. The van der Waals surface area contributed by atoms with E-state index in [0.717, 1.165) is 31.5 Å². The third-order valence-corrected chi connectivity index (χ3v) is 6.79. The van der Waals surface area contributed by atoms with Crippen molar-refractivity contribution in [2.75, 3.05) is 32.5 Å². The number of hydrogen-bond acceptors (Lipinski definition) is 6. The molecule has 1 N–H and O–H groups in total. The van der Waals surface area contributed by atoms with Crippen LogP contribution in [-0.4, -0.2) is 59.2 Å². The SMILES string of the molecule is CN(C)S(=O)(=O)N1CCC(CCc2ccnc(Nc3cnccn3)c2)CC1. The maximum atomic E-state index is 12.2. The molecule has 1 aliphatic rings. The van der Waals surface area contributed by atoms with Crippen LogP contribution in [0.25, 0.3) is 0 Å². The van der Waals surface area contributed by atoms with E-state index in [2.05, 4.69) is 20.3 Å². The predicted molar refractivity (Wildman–Crippen MR) is 105 cm³/mol. The average Bonchev–Trinajstić information content (AvgIpc) is 2.68. The smallest absolute Gasteiger partial charge is 0.281 e. The van der Waals surface area contributed by atoms with Crippen molar-refractivity contribution in [2.45, 2.75) is 25.7 Å². The standard InChI is InChI=1S/C18H26N6O2S/c1-23(2)27(25,26)24-11-6-15(7-12-24)3-4-16-5-8-20-17(13-16)22-18-14-19-9-10-21-18/h5,8-10,13-15H,3-4,6-7,11-12H2,1-2H3,(H,20,21,22). The molecule has 146 valence electrons. The monoisotopic (exact) mass is 390 g/mol. The minimum atomic E-state index is -3.29. The van der Waals surface area contributed by atoms with Crippen LogP contribution in [0, 0.1) is 5.92 Å². The Balaban J connectivity index is 1.50. The molecule has 3 rings (SSSR count). The van der Waals surface area contributed by atoms with Crippen molar-refractivity contribution in [2.24, 2.45) is 5.92 Å². The zero-order chi connectivity index (χ0) is 19.3. The average molecular weight is 391 g/mol. The highest BCUT2D eigenvalue weighted by molar-refractivity contribution is 7.86. The normalized spacial score (nSPS) is 16.6. The highest BCUT2D eigenvalue weighted by Gasteiger charge is 2.29. The fraction of sp³-hybridized carbons (Fsp3) is 0.500. The molecule has 0 unspecified atom stereocenters. The minimum Gasteiger partial charge on any atom is -0.324 e. The van der Waals surface area contributed by atoms with Crippen molar-refractivity contribution < 1.29 is 8.42 Å². The highest BCUT2D eigenvalue weighted by Crippen LogP contribution is 2.25. The summed E-state index contributed by atoms with van der Waals surface area (Å²) >= 11 is 0. The molecule has 3 heterocycles. The third-order valence-electron chi connectivity index (χ3n) is 4.85. The zero-order valence-electron chi connectivity index (χ0n) is 15.7. The molecule has 0 atom stereocenters. The number of anilines is 2. The van der Waals surface area contributed by atoms with Crippen LogP contribution in [0.4, 0.5) is 11.6 Å². The van der Waals surface area contributed by atoms with Gasteiger partial charge in [0.15, 0.2) is 0 Å². The lowest BCUT2D eigenvalue weighted by atomic mass is 9.91. The van der Waals surface area contributed by atoms with E-state index in [1.165, 1.54) is 9.87 Å². The van der Waals surface area contributed by atoms with Gasteiger partial charge in [0.2, 0.25) is 0 Å². The van der Waals surface area contributed by atoms with E-state index >= 15 is 0 Å². The number of aryl methyl sites for hydroxylation is 1. The topological polar surface area (TPSA) is 91.3 Å². The Hall–Kier alpha value is -2.10. The van der Waals surface area contributed by atoms with Gasteiger partial charge in [-0.1, -0.05) is 0 Å². The largest absolute Gasteiger partial charge is 0.324 e. The predicted octanol–water partition coefficient (Wildman–Crippen LogP) is 2.07. The van der Waals surface area contributed by atoms with Gasteiger partial charge in [-0.15, -0.1) is 0 Å². The van der Waals surface area contributed by atoms with Crippen LogP contribution < -0.4 is 5.32 Å². The Kier molecular flexibility index (Phi) is 6.35. The van der Waals surface area contributed by atoms with Gasteiger partial charge in [-0.05, 0) is 49.3 Å². The third kappa shape index (κ3) is 5.21. The fourth-order valence-corrected chi connectivity index (χ4v) is 4.36. The van der Waals surface area contributed by atoms with Crippen LogP contribution in [0.1, 0.15) is 24.8 Å². The van der Waals surface area contributed by atoms with E-state index in [4.69, 9.17) is 0 Å². The van der Waals surface area contributed by atoms with E-state index in [-0.39, 0.29) is 0 Å². The molecule has 0 spiro atoms. The maximum Gasteiger partial charge on any atom is 0.281 e. The Labute approximate surface area is 160 Å². The minimum absolute atomic E-state index is 0.545. The molecule has 0 aromatic carbocycles. The summed E-state index contributed by atoms with van der Waals surface area (Å²) in [6.07, 6.45) is 10.5. The Bertz CT molecular complexity index is 836. The lowest BCUT2D eigenvalue weighted by molar-refractivity contribution is 0.254. The fourth-order valence-electron chi connectivity index (χ4n) is 3.22. The lowest BCUT2D eigenvalue weighted by Crippen LogP contribution is -2.44. The lowest BCUT2D eigenvalue weighted by Gasteiger charge is -2.32. The molecule has 1 saturated heterocycles. The molecule has 1 aliphatic heterocycles. The summed E-state index contributed by atoms with van der Waals surface area (Å²) in [5, 5.41) is 3.15. The van der Waals surface area contributed by atoms with Crippen LogP contribution in [0.3, 0.4) is 0 Å². The van der Waals surface area contributed by atoms with Gasteiger partial charge < -0.3 is 5.32 Å². The molecule has 0 saturated carbocycles. The summed E-state index contributed by atoms with van der Waals surface area (Å²) in [4.78, 5) is 12.5. The van der Waals surface area contributed by atoms with Gasteiger partial charge >= 0.3 is 0 Å². The van der Waals surface area contributed by atoms with Crippen molar-refractivity contribution in [1.29, 1.82) is 0 Å². The van der Waals surface area contributed by atoms with Crippen molar-refractivity contribution in [3.8, 4) is 0 Å². The summed E-state index contributed by atoms with van der Waals surface area (Å²) in [5.74, 6) is 1.96. The summed E-state index contributed by atoms with van der Waals surface area (Å²) in [5.41, 5.74) is 1.21. The molecular formula is C18H26N6O2S. The van der Waals surface area contributed by atoms with Crippen molar-refractivity contribution in [1.82, 2.24) is 23.6 Å². The van der Waals surface area contributed by atoms with Gasteiger partial charge in [0, 0.05) is 45.8 Å². The Morgan fingerprint density at radius 3 is 2.56 bits per heavy atom. The van der Waals surface area contributed by atoms with Crippen LogP contribution in [0.5, 0.6) is 0 Å². The second kappa shape index (κ2) is 8.73. The first kappa shape index (κ1) is 19.7. The molecule has 0 aliphatic carbocycles. The van der Waals surface area contributed by atoms with Crippen molar-refractivity contribution >= 4 is 21.8 Å². The molecule has 9 heteroatoms. The second-order valence-corrected chi connectivity index (χ2v) is 9.08. The first-order valence-corrected chi connectivity index (χ1v) is 10.5. The van der Waals surface area contributed by atoms with Crippen LogP contribution in [-0.2, 0) is 16.6 Å². The number of rotatable bonds is 7. The molecule has 27 heavy (non-hydrogen) atoms. The zero-order valence-corrected chi connectivity index (χ0v) is 16.6. The van der Waals surface area contributed by atoms with Gasteiger partial charge in [0.1, 0.15) is 11.6 Å². The van der Waals surface area contributed by atoms with Gasteiger partial charge in [-0.2, -0.15) is 17.0 Å². The molecule has 2 aromatic rings. The maximum absolute atomic E-state index is 12.2. The van der Waals surface area contributed by atoms with Gasteiger partial charge in [-0.3, -0.25) is 4.98 Å². The summed E-state index contributed by atoms with van der Waals surface area (Å²) in [6, 6.07) is 4.05. The number of pyridine rings is 1. The Morgan fingerprint density at radius 1 is 1.15 bits per heavy atom. The van der Waals surface area contributed by atoms with Crippen molar-refractivity contribution in [3.05, 3.63) is 42.5 Å².